The van der Waals surface area contributed by atoms with Gasteiger partial charge in [0, 0.05) is 34.4 Å². The summed E-state index contributed by atoms with van der Waals surface area (Å²) in [4.78, 5) is 9.59. The molecule has 0 atom stereocenters. The van der Waals surface area contributed by atoms with Crippen LogP contribution < -0.4 is 5.32 Å². The number of fused-ring (bicyclic) bond motifs is 2. The fraction of sp³-hybridized carbons (Fsp3) is 0.182. The normalized spacial score (nSPS) is 11.2. The van der Waals surface area contributed by atoms with Crippen LogP contribution in [0.5, 0.6) is 0 Å². The number of nitriles is 1. The van der Waals surface area contributed by atoms with Gasteiger partial charge in [0.05, 0.1) is 16.1 Å². The summed E-state index contributed by atoms with van der Waals surface area (Å²) >= 11 is 1.57. The first-order valence-corrected chi connectivity index (χ1v) is 13.4. The fourth-order valence-corrected chi connectivity index (χ4v) is 4.54. The molecule has 138 valence electrons. The number of anilines is 2. The number of benzene rings is 1. The summed E-state index contributed by atoms with van der Waals surface area (Å²) in [5.41, 5.74) is 7.95. The molecule has 0 saturated carbocycles. The minimum absolute atomic E-state index is 0.531. The van der Waals surface area contributed by atoms with Crippen LogP contribution in [-0.4, -0.2) is 18.0 Å². The van der Waals surface area contributed by atoms with Crippen molar-refractivity contribution in [2.75, 3.05) is 5.32 Å². The van der Waals surface area contributed by atoms with Crippen molar-refractivity contribution in [2.45, 2.75) is 26.6 Å². The molecular weight excluding hydrogens is 380 g/mol. The van der Waals surface area contributed by atoms with Gasteiger partial charge in [-0.1, -0.05) is 25.6 Å². The number of thiophene rings is 1. The second-order valence-corrected chi connectivity index (χ2v) is 13.6. The molecule has 0 aliphatic carbocycles. The highest BCUT2D eigenvalue weighted by Crippen LogP contribution is 2.35. The number of pyridine rings is 1. The Balaban J connectivity index is 1.84. The van der Waals surface area contributed by atoms with Gasteiger partial charge in [-0.05, 0) is 36.8 Å². The van der Waals surface area contributed by atoms with Crippen molar-refractivity contribution in [3.05, 3.63) is 52.7 Å². The molecule has 28 heavy (non-hydrogen) atoms. The maximum atomic E-state index is 9.63. The topological polar surface area (TPSA) is 64.5 Å². The van der Waals surface area contributed by atoms with E-state index in [1.165, 1.54) is 5.39 Å². The van der Waals surface area contributed by atoms with Crippen LogP contribution in [0.1, 0.15) is 16.0 Å². The zero-order chi connectivity index (χ0) is 19.9. The first-order chi connectivity index (χ1) is 13.4. The fourth-order valence-electron chi connectivity index (χ4n) is 3.07. The predicted molar refractivity (Wildman–Crippen MR) is 121 cm³/mol. The van der Waals surface area contributed by atoms with Crippen LogP contribution in [0.4, 0.5) is 11.4 Å². The Morgan fingerprint density at radius 1 is 1.18 bits per heavy atom. The van der Waals surface area contributed by atoms with Gasteiger partial charge < -0.3 is 10.3 Å². The van der Waals surface area contributed by atoms with Crippen molar-refractivity contribution in [3.8, 4) is 17.5 Å². The lowest BCUT2D eigenvalue weighted by Gasteiger charge is -2.12. The number of hydrogen-bond acceptors (Lipinski definition) is 4. The van der Waals surface area contributed by atoms with E-state index in [0.29, 0.717) is 5.56 Å². The minimum atomic E-state index is -1.45. The van der Waals surface area contributed by atoms with Crippen LogP contribution in [-0.2, 0) is 0 Å². The lowest BCUT2D eigenvalue weighted by molar-refractivity contribution is 1.38. The molecule has 0 fully saturated rings. The van der Waals surface area contributed by atoms with E-state index in [4.69, 9.17) is 0 Å². The molecule has 0 bridgehead atoms. The van der Waals surface area contributed by atoms with Crippen molar-refractivity contribution < 1.29 is 0 Å². The molecule has 3 aromatic heterocycles. The standard InChI is InChI=1S/C22H20N4SSi/c1-14-17-7-9-24-20(17)6-5-19(14)26-21-15(12-23)13-25-22-18(21)11-16(27-22)8-10-28(2,3)4/h5-7,9,11,13,24H,1-4H3,(H,25,26). The molecule has 0 saturated heterocycles. The van der Waals surface area contributed by atoms with Crippen molar-refractivity contribution in [3.63, 3.8) is 0 Å². The summed E-state index contributed by atoms with van der Waals surface area (Å²) in [5, 5.41) is 15.2. The van der Waals surface area contributed by atoms with E-state index in [1.807, 2.05) is 24.4 Å². The average molecular weight is 401 g/mol. The van der Waals surface area contributed by atoms with E-state index in [2.05, 4.69) is 65.4 Å². The lowest BCUT2D eigenvalue weighted by Crippen LogP contribution is -2.16. The Morgan fingerprint density at radius 2 is 2.00 bits per heavy atom. The number of aromatic nitrogens is 2. The number of H-pyrrole nitrogens is 1. The highest BCUT2D eigenvalue weighted by atomic mass is 32.1. The first kappa shape index (κ1) is 18.3. The van der Waals surface area contributed by atoms with Crippen LogP contribution in [0.15, 0.2) is 36.7 Å². The molecule has 3 heterocycles. The van der Waals surface area contributed by atoms with Gasteiger partial charge in [0.15, 0.2) is 0 Å². The van der Waals surface area contributed by atoms with Gasteiger partial charge in [-0.15, -0.1) is 16.9 Å². The van der Waals surface area contributed by atoms with Crippen molar-refractivity contribution in [1.29, 1.82) is 5.26 Å². The average Bonchev–Trinajstić information content (AvgIpc) is 3.28. The van der Waals surface area contributed by atoms with Crippen LogP contribution in [0.25, 0.3) is 21.1 Å². The number of aryl methyl sites for hydroxylation is 1. The van der Waals surface area contributed by atoms with E-state index in [9.17, 15) is 5.26 Å². The highest BCUT2D eigenvalue weighted by Gasteiger charge is 2.14. The van der Waals surface area contributed by atoms with Crippen molar-refractivity contribution in [2.24, 2.45) is 0 Å². The van der Waals surface area contributed by atoms with Gasteiger partial charge in [0.2, 0.25) is 0 Å². The molecule has 1 aromatic carbocycles. The SMILES string of the molecule is Cc1c(Nc2c(C#N)cnc3sc(C#C[Si](C)(C)C)cc23)ccc2[nH]ccc12. The summed E-state index contributed by atoms with van der Waals surface area (Å²) < 4.78 is 0. The van der Waals surface area contributed by atoms with Crippen LogP contribution in [0.2, 0.25) is 19.6 Å². The van der Waals surface area contributed by atoms with E-state index in [0.717, 1.165) is 37.5 Å². The molecular formula is C22H20N4SSi. The summed E-state index contributed by atoms with van der Waals surface area (Å²) in [7, 11) is -1.45. The van der Waals surface area contributed by atoms with Gasteiger partial charge in [-0.25, -0.2) is 4.98 Å². The van der Waals surface area contributed by atoms with Gasteiger partial charge >= 0.3 is 0 Å². The Labute approximate surface area is 169 Å². The number of hydrogen-bond donors (Lipinski definition) is 2. The van der Waals surface area contributed by atoms with Gasteiger partial charge in [-0.3, -0.25) is 0 Å². The highest BCUT2D eigenvalue weighted by molar-refractivity contribution is 7.19. The van der Waals surface area contributed by atoms with E-state index in [-0.39, 0.29) is 0 Å². The largest absolute Gasteiger partial charge is 0.361 e. The molecule has 4 aromatic rings. The Hall–Kier alpha value is -3.06. The molecule has 2 N–H and O–H groups in total. The van der Waals surface area contributed by atoms with Gasteiger partial charge in [0.1, 0.15) is 19.0 Å². The molecule has 4 rings (SSSR count). The van der Waals surface area contributed by atoms with Crippen molar-refractivity contribution in [1.82, 2.24) is 9.97 Å². The molecule has 0 unspecified atom stereocenters. The summed E-state index contributed by atoms with van der Waals surface area (Å²) in [5.74, 6) is 3.31. The summed E-state index contributed by atoms with van der Waals surface area (Å²) in [6.45, 7) is 8.77. The Kier molecular flexibility index (Phi) is 4.47. The molecule has 0 aliphatic rings. The Bertz CT molecular complexity index is 1310. The Morgan fingerprint density at radius 3 is 2.75 bits per heavy atom. The smallest absolute Gasteiger partial charge is 0.129 e. The lowest BCUT2D eigenvalue weighted by atomic mass is 10.1. The molecule has 4 nitrogen and oxygen atoms in total. The third-order valence-corrected chi connectivity index (χ3v) is 6.34. The molecule has 0 amide bonds. The summed E-state index contributed by atoms with van der Waals surface area (Å²) in [6, 6.07) is 10.5. The van der Waals surface area contributed by atoms with E-state index in [1.54, 1.807) is 17.5 Å². The van der Waals surface area contributed by atoms with Crippen LogP contribution in [0, 0.1) is 29.7 Å². The molecule has 6 heteroatoms. The van der Waals surface area contributed by atoms with Gasteiger partial charge in [-0.2, -0.15) is 5.26 Å². The van der Waals surface area contributed by atoms with Crippen LogP contribution >= 0.6 is 11.3 Å². The molecule has 0 aliphatic heterocycles. The first-order valence-electron chi connectivity index (χ1n) is 9.05. The molecule has 0 radical (unpaired) electrons. The number of nitrogens with one attached hydrogen (secondary N) is 2. The second-order valence-electron chi connectivity index (χ2n) is 7.79. The van der Waals surface area contributed by atoms with Crippen molar-refractivity contribution >= 4 is 51.9 Å². The third kappa shape index (κ3) is 3.40. The maximum Gasteiger partial charge on any atom is 0.129 e. The maximum absolute atomic E-state index is 9.63. The van der Waals surface area contributed by atoms with Gasteiger partial charge in [0.25, 0.3) is 0 Å². The van der Waals surface area contributed by atoms with E-state index < -0.39 is 8.07 Å². The monoisotopic (exact) mass is 400 g/mol. The quantitative estimate of drug-likeness (QED) is 0.324. The molecule has 0 spiro atoms. The summed E-state index contributed by atoms with van der Waals surface area (Å²) in [6.07, 6.45) is 3.58. The number of nitrogens with zero attached hydrogens (tertiary/aromatic N) is 2. The predicted octanol–water partition coefficient (Wildman–Crippen LogP) is 5.93. The third-order valence-electron chi connectivity index (χ3n) is 4.51. The number of aromatic amines is 1. The second kappa shape index (κ2) is 6.83. The zero-order valence-electron chi connectivity index (χ0n) is 16.3. The zero-order valence-corrected chi connectivity index (χ0v) is 18.1. The number of rotatable bonds is 2. The van der Waals surface area contributed by atoms with E-state index >= 15 is 0 Å². The minimum Gasteiger partial charge on any atom is -0.361 e. The van der Waals surface area contributed by atoms with Crippen LogP contribution in [0.3, 0.4) is 0 Å².